The van der Waals surface area contributed by atoms with Gasteiger partial charge in [-0.15, -0.1) is 11.8 Å². The van der Waals surface area contributed by atoms with Crippen molar-refractivity contribution in [3.63, 3.8) is 0 Å². The number of amides is 1. The maximum Gasteiger partial charge on any atom is 0.232 e. The summed E-state index contributed by atoms with van der Waals surface area (Å²) in [4.78, 5) is 19.7. The Kier molecular flexibility index (Phi) is 4.21. The second-order valence-electron chi connectivity index (χ2n) is 5.06. The molecule has 20 heavy (non-hydrogen) atoms. The Balaban J connectivity index is 1.69. The fourth-order valence-electron chi connectivity index (χ4n) is 2.57. The first-order chi connectivity index (χ1) is 9.84. The molecule has 1 aromatic carbocycles. The molecule has 0 radical (unpaired) electrons. The summed E-state index contributed by atoms with van der Waals surface area (Å²) in [6, 6.07) is 10.1. The van der Waals surface area contributed by atoms with E-state index in [0.29, 0.717) is 5.75 Å². The standard InChI is InChI=1S/C16H18N2OS/c19-15(18-10-2-1-3-11-18)12-20-14-8-4-6-13-7-5-9-17-16(13)14/h4-9H,1-3,10-12H2. The van der Waals surface area contributed by atoms with Crippen molar-refractivity contribution in [3.8, 4) is 0 Å². The molecule has 0 N–H and O–H groups in total. The fraction of sp³-hybridized carbons (Fsp3) is 0.375. The van der Waals surface area contributed by atoms with E-state index in [9.17, 15) is 4.79 Å². The van der Waals surface area contributed by atoms with Crippen LogP contribution in [0.1, 0.15) is 19.3 Å². The number of carbonyl (C=O) groups is 1. The predicted octanol–water partition coefficient (Wildman–Crippen LogP) is 3.34. The van der Waals surface area contributed by atoms with Gasteiger partial charge in [0.05, 0.1) is 11.3 Å². The lowest BCUT2D eigenvalue weighted by Crippen LogP contribution is -2.36. The van der Waals surface area contributed by atoms with Crippen LogP contribution in [0.15, 0.2) is 41.4 Å². The molecule has 0 aliphatic carbocycles. The van der Waals surface area contributed by atoms with E-state index in [2.05, 4.69) is 17.1 Å². The molecule has 1 fully saturated rings. The molecule has 104 valence electrons. The van der Waals surface area contributed by atoms with Crippen molar-refractivity contribution >= 4 is 28.6 Å². The van der Waals surface area contributed by atoms with Crippen molar-refractivity contribution in [2.45, 2.75) is 24.2 Å². The molecule has 0 saturated carbocycles. The molecule has 1 aliphatic heterocycles. The van der Waals surface area contributed by atoms with Crippen LogP contribution in [-0.4, -0.2) is 34.6 Å². The highest BCUT2D eigenvalue weighted by Crippen LogP contribution is 2.26. The van der Waals surface area contributed by atoms with Crippen LogP contribution in [0, 0.1) is 0 Å². The summed E-state index contributed by atoms with van der Waals surface area (Å²) in [6.07, 6.45) is 5.35. The van der Waals surface area contributed by atoms with Gasteiger partial charge < -0.3 is 4.90 Å². The van der Waals surface area contributed by atoms with Gasteiger partial charge >= 0.3 is 0 Å². The Hall–Kier alpha value is -1.55. The van der Waals surface area contributed by atoms with Crippen LogP contribution in [0.5, 0.6) is 0 Å². The number of fused-ring (bicyclic) bond motifs is 1. The molecule has 4 heteroatoms. The highest BCUT2D eigenvalue weighted by molar-refractivity contribution is 8.00. The minimum atomic E-state index is 0.252. The van der Waals surface area contributed by atoms with Crippen LogP contribution in [-0.2, 0) is 4.79 Å². The third kappa shape index (κ3) is 2.96. The molecule has 2 heterocycles. The van der Waals surface area contributed by atoms with Gasteiger partial charge in [0.15, 0.2) is 0 Å². The van der Waals surface area contributed by atoms with Crippen LogP contribution < -0.4 is 0 Å². The normalized spacial score (nSPS) is 15.5. The number of carbonyl (C=O) groups excluding carboxylic acids is 1. The number of para-hydroxylation sites is 1. The average Bonchev–Trinajstić information content (AvgIpc) is 2.53. The number of pyridine rings is 1. The summed E-state index contributed by atoms with van der Waals surface area (Å²) >= 11 is 1.60. The Bertz CT molecular complexity index is 603. The van der Waals surface area contributed by atoms with E-state index >= 15 is 0 Å². The van der Waals surface area contributed by atoms with Gasteiger partial charge in [0.2, 0.25) is 5.91 Å². The molecular formula is C16H18N2OS. The molecule has 1 aromatic heterocycles. The second kappa shape index (κ2) is 6.27. The molecule has 3 rings (SSSR count). The van der Waals surface area contributed by atoms with E-state index in [1.807, 2.05) is 23.1 Å². The first-order valence-corrected chi connectivity index (χ1v) is 8.07. The molecule has 1 aliphatic rings. The lowest BCUT2D eigenvalue weighted by atomic mass is 10.1. The quantitative estimate of drug-likeness (QED) is 0.811. The zero-order chi connectivity index (χ0) is 13.8. The summed E-state index contributed by atoms with van der Waals surface area (Å²) < 4.78 is 0. The molecule has 0 atom stereocenters. The van der Waals surface area contributed by atoms with Gasteiger partial charge in [-0.05, 0) is 31.4 Å². The Morgan fingerprint density at radius 2 is 1.95 bits per heavy atom. The van der Waals surface area contributed by atoms with Crippen molar-refractivity contribution < 1.29 is 4.79 Å². The van der Waals surface area contributed by atoms with Gasteiger partial charge in [-0.1, -0.05) is 18.2 Å². The van der Waals surface area contributed by atoms with Crippen LogP contribution in [0.4, 0.5) is 0 Å². The predicted molar refractivity (Wildman–Crippen MR) is 82.9 cm³/mol. The smallest absolute Gasteiger partial charge is 0.232 e. The van der Waals surface area contributed by atoms with E-state index in [4.69, 9.17) is 0 Å². The highest BCUT2D eigenvalue weighted by atomic mass is 32.2. The Labute approximate surface area is 123 Å². The molecule has 3 nitrogen and oxygen atoms in total. The number of aromatic nitrogens is 1. The Morgan fingerprint density at radius 3 is 2.80 bits per heavy atom. The maximum atomic E-state index is 12.2. The number of thioether (sulfide) groups is 1. The van der Waals surface area contributed by atoms with Gasteiger partial charge in [-0.25, -0.2) is 0 Å². The summed E-state index contributed by atoms with van der Waals surface area (Å²) in [5.74, 6) is 0.762. The third-order valence-electron chi connectivity index (χ3n) is 3.66. The average molecular weight is 286 g/mol. The fourth-order valence-corrected chi connectivity index (χ4v) is 3.51. The molecular weight excluding hydrogens is 268 g/mol. The first kappa shape index (κ1) is 13.4. The number of rotatable bonds is 3. The zero-order valence-electron chi connectivity index (χ0n) is 11.4. The molecule has 1 amide bonds. The Morgan fingerprint density at radius 1 is 1.15 bits per heavy atom. The molecule has 0 unspecified atom stereocenters. The summed E-state index contributed by atoms with van der Waals surface area (Å²) in [5.41, 5.74) is 0.992. The third-order valence-corrected chi connectivity index (χ3v) is 4.69. The number of likely N-dealkylation sites (tertiary alicyclic amines) is 1. The molecule has 0 spiro atoms. The van der Waals surface area contributed by atoms with Gasteiger partial charge in [0, 0.05) is 29.6 Å². The van der Waals surface area contributed by atoms with E-state index in [1.165, 1.54) is 6.42 Å². The van der Waals surface area contributed by atoms with Crippen LogP contribution >= 0.6 is 11.8 Å². The van der Waals surface area contributed by atoms with Gasteiger partial charge in [0.25, 0.3) is 0 Å². The monoisotopic (exact) mass is 286 g/mol. The number of piperidine rings is 1. The van der Waals surface area contributed by atoms with Crippen molar-refractivity contribution in [2.75, 3.05) is 18.8 Å². The van der Waals surface area contributed by atoms with Crippen molar-refractivity contribution in [2.24, 2.45) is 0 Å². The zero-order valence-corrected chi connectivity index (χ0v) is 12.2. The van der Waals surface area contributed by atoms with Gasteiger partial charge in [-0.2, -0.15) is 0 Å². The summed E-state index contributed by atoms with van der Waals surface area (Å²) in [5, 5.41) is 1.13. The maximum absolute atomic E-state index is 12.2. The molecule has 0 bridgehead atoms. The minimum absolute atomic E-state index is 0.252. The first-order valence-electron chi connectivity index (χ1n) is 7.09. The van der Waals surface area contributed by atoms with Crippen LogP contribution in [0.3, 0.4) is 0 Å². The largest absolute Gasteiger partial charge is 0.342 e. The number of hydrogen-bond acceptors (Lipinski definition) is 3. The number of benzene rings is 1. The second-order valence-corrected chi connectivity index (χ2v) is 6.08. The van der Waals surface area contributed by atoms with Gasteiger partial charge in [-0.3, -0.25) is 9.78 Å². The van der Waals surface area contributed by atoms with E-state index in [1.54, 1.807) is 18.0 Å². The van der Waals surface area contributed by atoms with E-state index < -0.39 is 0 Å². The van der Waals surface area contributed by atoms with E-state index in [-0.39, 0.29) is 5.91 Å². The topological polar surface area (TPSA) is 33.2 Å². The SMILES string of the molecule is O=C(CSc1cccc2cccnc12)N1CCCCC1. The van der Waals surface area contributed by atoms with Crippen LogP contribution in [0.2, 0.25) is 0 Å². The van der Waals surface area contributed by atoms with Crippen LogP contribution in [0.25, 0.3) is 10.9 Å². The van der Waals surface area contributed by atoms with Crippen molar-refractivity contribution in [1.29, 1.82) is 0 Å². The lowest BCUT2D eigenvalue weighted by Gasteiger charge is -2.26. The number of hydrogen-bond donors (Lipinski definition) is 0. The summed E-state index contributed by atoms with van der Waals surface area (Å²) in [6.45, 7) is 1.85. The lowest BCUT2D eigenvalue weighted by molar-refractivity contribution is -0.129. The summed E-state index contributed by atoms with van der Waals surface area (Å²) in [7, 11) is 0. The van der Waals surface area contributed by atoms with E-state index in [0.717, 1.165) is 41.7 Å². The number of nitrogens with zero attached hydrogens (tertiary/aromatic N) is 2. The molecule has 2 aromatic rings. The van der Waals surface area contributed by atoms with Crippen molar-refractivity contribution in [1.82, 2.24) is 9.88 Å². The van der Waals surface area contributed by atoms with Gasteiger partial charge in [0.1, 0.15) is 0 Å². The molecule has 1 saturated heterocycles. The minimum Gasteiger partial charge on any atom is -0.342 e. The highest BCUT2D eigenvalue weighted by Gasteiger charge is 2.16. The van der Waals surface area contributed by atoms with Crippen molar-refractivity contribution in [3.05, 3.63) is 36.5 Å².